The quantitative estimate of drug-likeness (QED) is 0.765. The third-order valence-electron chi connectivity index (χ3n) is 4.03. The second kappa shape index (κ2) is 11.9. The highest BCUT2D eigenvalue weighted by atomic mass is 35.5. The zero-order chi connectivity index (χ0) is 14.2. The second-order valence-corrected chi connectivity index (χ2v) is 5.43. The van der Waals surface area contributed by atoms with E-state index in [9.17, 15) is 0 Å². The molecule has 0 aliphatic carbocycles. The van der Waals surface area contributed by atoms with Gasteiger partial charge in [0, 0.05) is 44.5 Å². The zero-order valence-corrected chi connectivity index (χ0v) is 15.2. The number of nitrogens with zero attached hydrogens (tertiary/aromatic N) is 2. The topological polar surface area (TPSA) is 37.4 Å². The summed E-state index contributed by atoms with van der Waals surface area (Å²) in [6, 6.07) is 4.65. The van der Waals surface area contributed by atoms with Gasteiger partial charge in [0.25, 0.3) is 0 Å². The van der Waals surface area contributed by atoms with Gasteiger partial charge in [-0.05, 0) is 12.0 Å². The van der Waals surface area contributed by atoms with Crippen LogP contribution in [0.25, 0.3) is 0 Å². The van der Waals surface area contributed by atoms with Crippen molar-refractivity contribution >= 4 is 24.8 Å². The third kappa shape index (κ3) is 6.29. The number of halogens is 2. The maximum absolute atomic E-state index is 5.16. The first-order chi connectivity index (χ1) is 9.85. The number of methoxy groups -OCH3 is 1. The summed E-state index contributed by atoms with van der Waals surface area (Å²) in [5, 5.41) is 3.43. The number of pyridine rings is 1. The third-order valence-corrected chi connectivity index (χ3v) is 4.03. The Morgan fingerprint density at radius 2 is 1.95 bits per heavy atom. The van der Waals surface area contributed by atoms with Crippen LogP contribution in [0.15, 0.2) is 18.3 Å². The van der Waals surface area contributed by atoms with Gasteiger partial charge in [-0.1, -0.05) is 32.3 Å². The molecule has 1 saturated heterocycles. The molecule has 22 heavy (non-hydrogen) atoms. The van der Waals surface area contributed by atoms with Crippen LogP contribution >= 0.6 is 24.8 Å². The number of nitrogens with one attached hydrogen (secondary N) is 1. The van der Waals surface area contributed by atoms with E-state index in [0.717, 1.165) is 26.2 Å². The number of hydrogen-bond donors (Lipinski definition) is 1. The normalized spacial score (nSPS) is 16.3. The molecule has 2 rings (SSSR count). The molecule has 1 aliphatic heterocycles. The van der Waals surface area contributed by atoms with Crippen LogP contribution in [-0.4, -0.2) is 43.2 Å². The van der Waals surface area contributed by atoms with Crippen molar-refractivity contribution in [2.45, 2.75) is 38.6 Å². The molecule has 1 N–H and O–H groups in total. The zero-order valence-electron chi connectivity index (χ0n) is 13.6. The molecule has 0 amide bonds. The van der Waals surface area contributed by atoms with Gasteiger partial charge >= 0.3 is 0 Å². The predicted molar refractivity (Wildman–Crippen MR) is 96.6 cm³/mol. The molecule has 2 heterocycles. The molecular formula is C16H29Cl2N3O. The average molecular weight is 350 g/mol. The van der Waals surface area contributed by atoms with Crippen molar-refractivity contribution in [3.63, 3.8) is 0 Å². The van der Waals surface area contributed by atoms with E-state index in [-0.39, 0.29) is 24.8 Å². The van der Waals surface area contributed by atoms with Crippen LogP contribution in [0.5, 0.6) is 5.88 Å². The van der Waals surface area contributed by atoms with E-state index in [4.69, 9.17) is 4.74 Å². The molecule has 1 fully saturated rings. The van der Waals surface area contributed by atoms with E-state index < -0.39 is 0 Å². The molecule has 1 aromatic rings. The van der Waals surface area contributed by atoms with Gasteiger partial charge in [0.15, 0.2) is 0 Å². The van der Waals surface area contributed by atoms with Gasteiger partial charge in [0.2, 0.25) is 5.88 Å². The Morgan fingerprint density at radius 1 is 1.23 bits per heavy atom. The molecule has 4 nitrogen and oxygen atoms in total. The SMILES string of the molecule is CCCCC[C@H](c1ccc(OC)nc1)N1CCNCC1.Cl.Cl. The number of aromatic nitrogens is 1. The van der Waals surface area contributed by atoms with Gasteiger partial charge < -0.3 is 10.1 Å². The molecule has 0 aromatic carbocycles. The summed E-state index contributed by atoms with van der Waals surface area (Å²) < 4.78 is 5.16. The Bertz CT molecular complexity index is 383. The lowest BCUT2D eigenvalue weighted by Gasteiger charge is -2.35. The molecule has 1 aromatic heterocycles. The summed E-state index contributed by atoms with van der Waals surface area (Å²) in [6.45, 7) is 6.70. The number of unbranched alkanes of at least 4 members (excludes halogenated alkanes) is 2. The summed E-state index contributed by atoms with van der Waals surface area (Å²) in [6.07, 6.45) is 7.08. The first-order valence-corrected chi connectivity index (χ1v) is 7.80. The van der Waals surface area contributed by atoms with E-state index in [1.165, 1.54) is 31.2 Å². The van der Waals surface area contributed by atoms with E-state index in [0.29, 0.717) is 11.9 Å². The number of hydrogen-bond acceptors (Lipinski definition) is 4. The maximum Gasteiger partial charge on any atom is 0.212 e. The monoisotopic (exact) mass is 349 g/mol. The molecule has 0 radical (unpaired) electrons. The number of ether oxygens (including phenoxy) is 1. The fourth-order valence-electron chi connectivity index (χ4n) is 2.85. The molecule has 6 heteroatoms. The highest BCUT2D eigenvalue weighted by Gasteiger charge is 2.22. The fourth-order valence-corrected chi connectivity index (χ4v) is 2.85. The maximum atomic E-state index is 5.16. The van der Waals surface area contributed by atoms with Crippen molar-refractivity contribution in [3.8, 4) is 5.88 Å². The smallest absolute Gasteiger partial charge is 0.212 e. The molecule has 0 saturated carbocycles. The van der Waals surface area contributed by atoms with Crippen LogP contribution in [-0.2, 0) is 0 Å². The summed E-state index contributed by atoms with van der Waals surface area (Å²) in [4.78, 5) is 6.97. The molecule has 128 valence electrons. The fraction of sp³-hybridized carbons (Fsp3) is 0.688. The van der Waals surface area contributed by atoms with Crippen molar-refractivity contribution < 1.29 is 4.74 Å². The van der Waals surface area contributed by atoms with Crippen LogP contribution in [0, 0.1) is 0 Å². The van der Waals surface area contributed by atoms with E-state index >= 15 is 0 Å². The highest BCUT2D eigenvalue weighted by molar-refractivity contribution is 5.85. The molecule has 1 aliphatic rings. The molecular weight excluding hydrogens is 321 g/mol. The van der Waals surface area contributed by atoms with Gasteiger partial charge in [-0.25, -0.2) is 4.98 Å². The first kappa shape index (κ1) is 21.4. The van der Waals surface area contributed by atoms with Crippen LogP contribution in [0.2, 0.25) is 0 Å². The Kier molecular flexibility index (Phi) is 11.6. The first-order valence-electron chi connectivity index (χ1n) is 7.80. The lowest BCUT2D eigenvalue weighted by Crippen LogP contribution is -2.45. The van der Waals surface area contributed by atoms with Gasteiger partial charge in [0.1, 0.15) is 0 Å². The van der Waals surface area contributed by atoms with E-state index in [1.54, 1.807) is 7.11 Å². The minimum Gasteiger partial charge on any atom is -0.481 e. The minimum absolute atomic E-state index is 0. The van der Waals surface area contributed by atoms with Crippen LogP contribution in [0.1, 0.15) is 44.2 Å². The van der Waals surface area contributed by atoms with Crippen LogP contribution < -0.4 is 10.1 Å². The Morgan fingerprint density at radius 3 is 2.50 bits per heavy atom. The van der Waals surface area contributed by atoms with Crippen LogP contribution in [0.4, 0.5) is 0 Å². The van der Waals surface area contributed by atoms with E-state index in [1.807, 2.05) is 12.3 Å². The van der Waals surface area contributed by atoms with Crippen molar-refractivity contribution in [1.29, 1.82) is 0 Å². The largest absolute Gasteiger partial charge is 0.481 e. The molecule has 0 bridgehead atoms. The van der Waals surface area contributed by atoms with Crippen molar-refractivity contribution in [2.24, 2.45) is 0 Å². The Labute approximate surface area is 146 Å². The highest BCUT2D eigenvalue weighted by Crippen LogP contribution is 2.27. The molecule has 1 atom stereocenters. The van der Waals surface area contributed by atoms with Crippen molar-refractivity contribution in [2.75, 3.05) is 33.3 Å². The van der Waals surface area contributed by atoms with Gasteiger partial charge in [0.05, 0.1) is 7.11 Å². The average Bonchev–Trinajstić information content (AvgIpc) is 2.53. The van der Waals surface area contributed by atoms with Gasteiger partial charge in [-0.3, -0.25) is 4.90 Å². The standard InChI is InChI=1S/C16H27N3O.2ClH/c1-3-4-5-6-15(19-11-9-17-10-12-19)14-7-8-16(20-2)18-13-14;;/h7-8,13,15,17H,3-6,9-12H2,1-2H3;2*1H/t15-;;/m1../s1. The molecule has 0 spiro atoms. The number of rotatable bonds is 7. The second-order valence-electron chi connectivity index (χ2n) is 5.43. The minimum atomic E-state index is 0. The van der Waals surface area contributed by atoms with Gasteiger partial charge in [-0.2, -0.15) is 0 Å². The number of piperazine rings is 1. The summed E-state index contributed by atoms with van der Waals surface area (Å²) in [7, 11) is 1.66. The Balaban J connectivity index is 0.00000220. The lowest BCUT2D eigenvalue weighted by atomic mass is 9.99. The van der Waals surface area contributed by atoms with E-state index in [2.05, 4.69) is 28.2 Å². The summed E-state index contributed by atoms with van der Waals surface area (Å²) >= 11 is 0. The Hall–Kier alpha value is -0.550. The predicted octanol–water partition coefficient (Wildman–Crippen LogP) is 3.46. The van der Waals surface area contributed by atoms with Crippen LogP contribution in [0.3, 0.4) is 0 Å². The van der Waals surface area contributed by atoms with Crippen molar-refractivity contribution in [3.05, 3.63) is 23.9 Å². The summed E-state index contributed by atoms with van der Waals surface area (Å²) in [5.41, 5.74) is 1.32. The van der Waals surface area contributed by atoms with Crippen molar-refractivity contribution in [1.82, 2.24) is 15.2 Å². The van der Waals surface area contributed by atoms with Gasteiger partial charge in [-0.15, -0.1) is 24.8 Å². The summed E-state index contributed by atoms with van der Waals surface area (Å²) in [5.74, 6) is 0.696. The molecule has 0 unspecified atom stereocenters. The lowest BCUT2D eigenvalue weighted by molar-refractivity contribution is 0.162.